The molecule has 0 spiro atoms. The Bertz CT molecular complexity index is 865. The zero-order valence-corrected chi connectivity index (χ0v) is 19.7. The molecule has 10 nitrogen and oxygen atoms in total. The molecule has 0 aromatic rings. The summed E-state index contributed by atoms with van der Waals surface area (Å²) < 4.78 is 53.8. The Balaban J connectivity index is 2.26. The lowest BCUT2D eigenvalue weighted by atomic mass is 9.82. The van der Waals surface area contributed by atoms with Gasteiger partial charge in [0.25, 0.3) is 5.70 Å². The third kappa shape index (κ3) is 7.61. The van der Waals surface area contributed by atoms with Crippen molar-refractivity contribution in [1.29, 1.82) is 0 Å². The molecule has 1 aliphatic carbocycles. The highest BCUT2D eigenvalue weighted by Gasteiger charge is 2.47. The van der Waals surface area contributed by atoms with Crippen molar-refractivity contribution < 1.29 is 41.9 Å². The van der Waals surface area contributed by atoms with E-state index in [4.69, 9.17) is 9.47 Å². The van der Waals surface area contributed by atoms with Crippen molar-refractivity contribution in [3.05, 3.63) is 33.2 Å². The number of carbonyl (C=O) groups is 2. The molecule has 2 rings (SSSR count). The SMILES string of the molecule is CCOC(=O)C1C([N+](=O)[O-])=CC(CN2CC[C@@H](NC(=O)OC(C)(C)C)C2)=C(OC(F)(F)F)C1C. The van der Waals surface area contributed by atoms with Gasteiger partial charge in [-0.15, -0.1) is 13.2 Å². The highest BCUT2D eigenvalue weighted by molar-refractivity contribution is 5.77. The summed E-state index contributed by atoms with van der Waals surface area (Å²) in [5.41, 5.74) is -1.30. The number of nitrogens with one attached hydrogen (secondary N) is 1. The van der Waals surface area contributed by atoms with Crippen molar-refractivity contribution in [2.45, 2.75) is 59.0 Å². The largest absolute Gasteiger partial charge is 0.572 e. The number of nitrogens with zero attached hydrogens (tertiary/aromatic N) is 2. The van der Waals surface area contributed by atoms with Gasteiger partial charge in [0.05, 0.1) is 11.5 Å². The molecule has 1 saturated heterocycles. The predicted octanol–water partition coefficient (Wildman–Crippen LogP) is 3.37. The second-order valence-corrected chi connectivity index (χ2v) is 9.15. The third-order valence-electron chi connectivity index (χ3n) is 5.24. The summed E-state index contributed by atoms with van der Waals surface area (Å²) in [4.78, 5) is 36.9. The van der Waals surface area contributed by atoms with Crippen molar-refractivity contribution >= 4 is 12.1 Å². The van der Waals surface area contributed by atoms with Gasteiger partial charge in [-0.1, -0.05) is 6.92 Å². The van der Waals surface area contributed by atoms with Crippen molar-refractivity contribution in [1.82, 2.24) is 10.2 Å². The number of ether oxygens (including phenoxy) is 3. The Kier molecular flexibility index (Phi) is 8.56. The normalized spacial score (nSPS) is 23.9. The van der Waals surface area contributed by atoms with Crippen LogP contribution in [0.4, 0.5) is 18.0 Å². The number of halogens is 3. The van der Waals surface area contributed by atoms with E-state index in [-0.39, 0.29) is 24.8 Å². The van der Waals surface area contributed by atoms with Gasteiger partial charge in [0, 0.05) is 43.2 Å². The second kappa shape index (κ2) is 10.6. The topological polar surface area (TPSA) is 120 Å². The molecule has 192 valence electrons. The molecule has 1 aliphatic heterocycles. The summed E-state index contributed by atoms with van der Waals surface area (Å²) in [7, 11) is 0. The van der Waals surface area contributed by atoms with Crippen molar-refractivity contribution in [2.75, 3.05) is 26.2 Å². The Morgan fingerprint density at radius 1 is 1.29 bits per heavy atom. The van der Waals surface area contributed by atoms with Crippen LogP contribution in [0.1, 0.15) is 41.0 Å². The number of likely N-dealkylation sites (tertiary alicyclic amines) is 1. The van der Waals surface area contributed by atoms with Crippen LogP contribution in [0.5, 0.6) is 0 Å². The van der Waals surface area contributed by atoms with Gasteiger partial charge < -0.3 is 19.5 Å². The van der Waals surface area contributed by atoms with Gasteiger partial charge in [-0.2, -0.15) is 0 Å². The maximum Gasteiger partial charge on any atom is 0.572 e. The number of nitro groups is 1. The maximum absolute atomic E-state index is 13.2. The molecule has 3 atom stereocenters. The molecule has 2 aliphatic rings. The van der Waals surface area contributed by atoms with Crippen LogP contribution in [0.25, 0.3) is 0 Å². The first-order chi connectivity index (χ1) is 15.6. The molecule has 0 saturated carbocycles. The number of amides is 1. The first kappa shape index (κ1) is 27.4. The van der Waals surface area contributed by atoms with Crippen LogP contribution in [0.3, 0.4) is 0 Å². The third-order valence-corrected chi connectivity index (χ3v) is 5.24. The lowest BCUT2D eigenvalue weighted by Gasteiger charge is -2.30. The Morgan fingerprint density at radius 2 is 1.94 bits per heavy atom. The van der Waals surface area contributed by atoms with Gasteiger partial charge in [0.2, 0.25) is 0 Å². The molecule has 2 unspecified atom stereocenters. The van der Waals surface area contributed by atoms with Crippen LogP contribution < -0.4 is 5.32 Å². The second-order valence-electron chi connectivity index (χ2n) is 9.15. The number of alkyl halides is 3. The molecule has 0 bridgehead atoms. The quantitative estimate of drug-likeness (QED) is 0.326. The lowest BCUT2D eigenvalue weighted by Crippen LogP contribution is -2.41. The molecule has 34 heavy (non-hydrogen) atoms. The minimum Gasteiger partial charge on any atom is -0.465 e. The van der Waals surface area contributed by atoms with E-state index in [0.717, 1.165) is 6.08 Å². The van der Waals surface area contributed by atoms with E-state index in [0.29, 0.717) is 19.5 Å². The van der Waals surface area contributed by atoms with Crippen molar-refractivity contribution in [3.8, 4) is 0 Å². The summed E-state index contributed by atoms with van der Waals surface area (Å²) in [6.45, 7) is 8.42. The van der Waals surface area contributed by atoms with E-state index in [1.807, 2.05) is 0 Å². The van der Waals surface area contributed by atoms with Gasteiger partial charge in [-0.05, 0) is 34.1 Å². The summed E-state index contributed by atoms with van der Waals surface area (Å²) >= 11 is 0. The van der Waals surface area contributed by atoms with Crippen LogP contribution in [-0.2, 0) is 19.0 Å². The van der Waals surface area contributed by atoms with Crippen molar-refractivity contribution in [3.63, 3.8) is 0 Å². The average Bonchev–Trinajstić information content (AvgIpc) is 3.08. The molecule has 1 fully saturated rings. The lowest BCUT2D eigenvalue weighted by molar-refractivity contribution is -0.434. The van der Waals surface area contributed by atoms with E-state index in [1.54, 1.807) is 25.7 Å². The molecular formula is C21H30F3N3O7. The van der Waals surface area contributed by atoms with Gasteiger partial charge in [0.15, 0.2) is 5.92 Å². The van der Waals surface area contributed by atoms with Crippen LogP contribution in [0.2, 0.25) is 0 Å². The minimum atomic E-state index is -5.06. The summed E-state index contributed by atoms with van der Waals surface area (Å²) in [5, 5.41) is 14.4. The van der Waals surface area contributed by atoms with E-state index in [9.17, 15) is 32.9 Å². The zero-order valence-electron chi connectivity index (χ0n) is 19.7. The fourth-order valence-corrected chi connectivity index (χ4v) is 3.98. The van der Waals surface area contributed by atoms with Gasteiger partial charge >= 0.3 is 18.4 Å². The minimum absolute atomic E-state index is 0.0602. The number of alkyl carbamates (subject to hydrolysis) is 1. The van der Waals surface area contributed by atoms with E-state index >= 15 is 0 Å². The fraction of sp³-hybridized carbons (Fsp3) is 0.714. The van der Waals surface area contributed by atoms with E-state index < -0.39 is 52.2 Å². The van der Waals surface area contributed by atoms with Crippen LogP contribution in [-0.4, -0.2) is 66.1 Å². The van der Waals surface area contributed by atoms with Crippen LogP contribution >= 0.6 is 0 Å². The molecule has 1 N–H and O–H groups in total. The van der Waals surface area contributed by atoms with Crippen molar-refractivity contribution in [2.24, 2.45) is 11.8 Å². The van der Waals surface area contributed by atoms with Gasteiger partial charge in [-0.25, -0.2) is 4.79 Å². The van der Waals surface area contributed by atoms with Crippen LogP contribution in [0.15, 0.2) is 23.1 Å². The molecule has 0 radical (unpaired) electrons. The van der Waals surface area contributed by atoms with Gasteiger partial charge in [-0.3, -0.25) is 19.8 Å². The number of esters is 1. The fourth-order valence-electron chi connectivity index (χ4n) is 3.98. The molecule has 1 heterocycles. The number of hydrogen-bond acceptors (Lipinski definition) is 8. The number of allylic oxidation sites excluding steroid dienone is 1. The summed E-state index contributed by atoms with van der Waals surface area (Å²) in [5.74, 6) is -4.39. The van der Waals surface area contributed by atoms with Gasteiger partial charge in [0.1, 0.15) is 11.4 Å². The van der Waals surface area contributed by atoms with E-state index in [1.165, 1.54) is 13.8 Å². The summed E-state index contributed by atoms with van der Waals surface area (Å²) in [6, 6.07) is -0.310. The van der Waals surface area contributed by atoms with E-state index in [2.05, 4.69) is 10.1 Å². The average molecular weight is 493 g/mol. The number of carbonyl (C=O) groups excluding carboxylic acids is 2. The highest BCUT2D eigenvalue weighted by atomic mass is 19.4. The smallest absolute Gasteiger partial charge is 0.465 e. The zero-order chi connectivity index (χ0) is 25.8. The molecular weight excluding hydrogens is 463 g/mol. The predicted molar refractivity (Wildman–Crippen MR) is 113 cm³/mol. The molecule has 13 heteroatoms. The highest BCUT2D eigenvalue weighted by Crippen LogP contribution is 2.40. The first-order valence-electron chi connectivity index (χ1n) is 10.8. The number of hydrogen-bond donors (Lipinski definition) is 1. The molecule has 0 aromatic heterocycles. The Hall–Kier alpha value is -2.83. The summed E-state index contributed by atoms with van der Waals surface area (Å²) in [6.07, 6.45) is -4.20. The first-order valence-corrected chi connectivity index (χ1v) is 10.8. The van der Waals surface area contributed by atoms with Crippen LogP contribution in [0, 0.1) is 22.0 Å². The Morgan fingerprint density at radius 3 is 2.47 bits per heavy atom. The standard InChI is InChI=1S/C21H30F3N3O7/c1-6-32-18(28)16-12(2)17(33-21(22,23)24)13(9-15(16)27(30)31)10-26-8-7-14(11-26)25-19(29)34-20(3,4)5/h9,12,14,16H,6-8,10-11H2,1-5H3,(H,25,29)/t12?,14-,16?/m1/s1. The Labute approximate surface area is 195 Å². The maximum atomic E-state index is 13.2. The monoisotopic (exact) mass is 493 g/mol. The number of rotatable bonds is 7. The molecule has 0 aromatic carbocycles. The molecule has 1 amide bonds.